The predicted octanol–water partition coefficient (Wildman–Crippen LogP) is 3.69. The average molecular weight is 321 g/mol. The van der Waals surface area contributed by atoms with E-state index >= 15 is 0 Å². The summed E-state index contributed by atoms with van der Waals surface area (Å²) in [5, 5.41) is 9.10. The predicted molar refractivity (Wildman–Crippen MR) is 81.4 cm³/mol. The number of hydrogen-bond donors (Lipinski definition) is 0. The molecular weight excluding hydrogens is 306 g/mol. The monoisotopic (exact) mass is 321 g/mol. The van der Waals surface area contributed by atoms with E-state index in [1.807, 2.05) is 12.1 Å². The van der Waals surface area contributed by atoms with Crippen LogP contribution in [0.4, 0.5) is 8.78 Å². The second kappa shape index (κ2) is 6.77. The minimum absolute atomic E-state index is 0.00714. The standard InChI is InChI=1S/C16H15F2N2OS/c1-20(12-13-7-3-2-4-8-13)22(21,16(17)18)15-10-6-5-9-14(15)11-19/h2-10,16H,12H2,1H3/q+1. The third kappa shape index (κ3) is 3.06. The van der Waals surface area contributed by atoms with Crippen molar-refractivity contribution < 1.29 is 13.0 Å². The van der Waals surface area contributed by atoms with Crippen LogP contribution < -0.4 is 0 Å². The van der Waals surface area contributed by atoms with E-state index in [0.29, 0.717) is 0 Å². The van der Waals surface area contributed by atoms with E-state index in [1.54, 1.807) is 30.3 Å². The van der Waals surface area contributed by atoms with Gasteiger partial charge in [-0.05, 0) is 17.7 Å². The van der Waals surface area contributed by atoms with Gasteiger partial charge in [0.25, 0.3) is 10.1 Å². The molecule has 1 unspecified atom stereocenters. The van der Waals surface area contributed by atoms with Gasteiger partial charge in [-0.1, -0.05) is 46.7 Å². The SMILES string of the molecule is CN(Cc1ccccc1)[S+](=O)(c1ccccc1C#N)C(F)F. The van der Waals surface area contributed by atoms with Gasteiger partial charge in [-0.3, -0.25) is 0 Å². The maximum absolute atomic E-state index is 13.6. The topological polar surface area (TPSA) is 44.1 Å². The second-order valence-electron chi connectivity index (χ2n) is 4.71. The molecule has 0 saturated carbocycles. The summed E-state index contributed by atoms with van der Waals surface area (Å²) in [6.07, 6.45) is 0. The molecule has 0 bridgehead atoms. The Bertz CT molecular complexity index is 728. The molecule has 0 radical (unpaired) electrons. The van der Waals surface area contributed by atoms with Crippen molar-refractivity contribution in [3.05, 3.63) is 65.7 Å². The highest BCUT2D eigenvalue weighted by Crippen LogP contribution is 2.33. The summed E-state index contributed by atoms with van der Waals surface area (Å²) < 4.78 is 41.3. The van der Waals surface area contributed by atoms with Gasteiger partial charge in [-0.2, -0.15) is 14.0 Å². The van der Waals surface area contributed by atoms with Crippen molar-refractivity contribution in [2.45, 2.75) is 17.2 Å². The Morgan fingerprint density at radius 1 is 1.14 bits per heavy atom. The van der Waals surface area contributed by atoms with Gasteiger partial charge in [-0.25, -0.2) is 0 Å². The van der Waals surface area contributed by atoms with Gasteiger partial charge < -0.3 is 0 Å². The highest BCUT2D eigenvalue weighted by atomic mass is 32.3. The van der Waals surface area contributed by atoms with Gasteiger partial charge in [0.1, 0.15) is 11.6 Å². The Labute approximate surface area is 129 Å². The summed E-state index contributed by atoms with van der Waals surface area (Å²) in [5.74, 6) is -3.09. The molecule has 0 saturated heterocycles. The Hall–Kier alpha value is -2.10. The van der Waals surface area contributed by atoms with E-state index in [9.17, 15) is 13.0 Å². The lowest BCUT2D eigenvalue weighted by atomic mass is 10.2. The van der Waals surface area contributed by atoms with Crippen molar-refractivity contribution in [3.63, 3.8) is 0 Å². The van der Waals surface area contributed by atoms with Crippen LogP contribution in [-0.4, -0.2) is 17.1 Å². The quantitative estimate of drug-likeness (QED) is 0.788. The minimum Gasteiger partial charge on any atom is -0.192 e. The number of halogens is 2. The van der Waals surface area contributed by atoms with Crippen LogP contribution in [0.2, 0.25) is 0 Å². The van der Waals surface area contributed by atoms with Crippen LogP contribution in [-0.2, 0) is 20.9 Å². The summed E-state index contributed by atoms with van der Waals surface area (Å²) in [5.41, 5.74) is 0.778. The third-order valence-electron chi connectivity index (χ3n) is 3.28. The Balaban J connectivity index is 2.45. The van der Waals surface area contributed by atoms with Crippen LogP contribution in [0.3, 0.4) is 0 Å². The van der Waals surface area contributed by atoms with Gasteiger partial charge in [0.15, 0.2) is 0 Å². The van der Waals surface area contributed by atoms with Crippen molar-refractivity contribution in [2.24, 2.45) is 0 Å². The molecule has 1 atom stereocenters. The molecule has 0 heterocycles. The van der Waals surface area contributed by atoms with E-state index in [2.05, 4.69) is 0 Å². The van der Waals surface area contributed by atoms with Crippen molar-refractivity contribution in [1.82, 2.24) is 4.31 Å². The number of nitrogens with zero attached hydrogens (tertiary/aromatic N) is 2. The zero-order valence-corrected chi connectivity index (χ0v) is 12.8. The van der Waals surface area contributed by atoms with Gasteiger partial charge in [0, 0.05) is 7.05 Å². The smallest absolute Gasteiger partial charge is 0.192 e. The third-order valence-corrected chi connectivity index (χ3v) is 5.80. The van der Waals surface area contributed by atoms with Crippen molar-refractivity contribution >= 4 is 10.1 Å². The van der Waals surface area contributed by atoms with E-state index in [0.717, 1.165) is 9.87 Å². The first-order chi connectivity index (χ1) is 10.5. The highest BCUT2D eigenvalue weighted by Gasteiger charge is 2.49. The van der Waals surface area contributed by atoms with Crippen molar-refractivity contribution in [3.8, 4) is 6.07 Å². The number of rotatable bonds is 5. The van der Waals surface area contributed by atoms with Crippen molar-refractivity contribution in [1.29, 1.82) is 5.26 Å². The number of alkyl halides is 2. The van der Waals surface area contributed by atoms with Crippen LogP contribution in [0.15, 0.2) is 59.5 Å². The first kappa shape index (κ1) is 16.3. The van der Waals surface area contributed by atoms with Gasteiger partial charge in [-0.15, -0.1) is 4.31 Å². The van der Waals surface area contributed by atoms with E-state index in [1.165, 1.54) is 25.2 Å². The first-order valence-electron chi connectivity index (χ1n) is 6.55. The summed E-state index contributed by atoms with van der Waals surface area (Å²) in [7, 11) is -2.44. The van der Waals surface area contributed by atoms with Crippen LogP contribution in [0.25, 0.3) is 0 Å². The van der Waals surface area contributed by atoms with E-state index < -0.39 is 15.9 Å². The number of nitriles is 1. The number of benzene rings is 2. The summed E-state index contributed by atoms with van der Waals surface area (Å²) >= 11 is 0. The van der Waals surface area contributed by atoms with Gasteiger partial charge in [0.05, 0.1) is 6.54 Å². The zero-order valence-electron chi connectivity index (χ0n) is 11.9. The van der Waals surface area contributed by atoms with Crippen LogP contribution in [0.5, 0.6) is 0 Å². The van der Waals surface area contributed by atoms with Gasteiger partial charge >= 0.3 is 5.76 Å². The largest absolute Gasteiger partial charge is 0.425 e. The molecule has 3 nitrogen and oxygen atoms in total. The summed E-state index contributed by atoms with van der Waals surface area (Å²) in [4.78, 5) is -0.120. The summed E-state index contributed by atoms with van der Waals surface area (Å²) in [6.45, 7) is 0.101. The molecule has 0 aliphatic heterocycles. The molecule has 0 N–H and O–H groups in total. The van der Waals surface area contributed by atoms with E-state index in [4.69, 9.17) is 5.26 Å². The Morgan fingerprint density at radius 3 is 2.32 bits per heavy atom. The van der Waals surface area contributed by atoms with E-state index in [-0.39, 0.29) is 17.0 Å². The van der Waals surface area contributed by atoms with Gasteiger partial charge in [0.2, 0.25) is 4.90 Å². The van der Waals surface area contributed by atoms with Crippen LogP contribution >= 0.6 is 0 Å². The first-order valence-corrected chi connectivity index (χ1v) is 8.13. The molecule has 0 aliphatic rings. The van der Waals surface area contributed by atoms with Crippen LogP contribution in [0, 0.1) is 11.3 Å². The lowest BCUT2D eigenvalue weighted by Gasteiger charge is -2.21. The lowest BCUT2D eigenvalue weighted by molar-refractivity contribution is 0.225. The maximum atomic E-state index is 13.6. The molecule has 22 heavy (non-hydrogen) atoms. The molecule has 0 aliphatic carbocycles. The molecule has 2 aromatic rings. The Kier molecular flexibility index (Phi) is 5.01. The molecule has 0 aromatic heterocycles. The second-order valence-corrected chi connectivity index (χ2v) is 7.27. The molecule has 0 spiro atoms. The van der Waals surface area contributed by atoms with Crippen molar-refractivity contribution in [2.75, 3.05) is 7.05 Å². The normalized spacial score (nSPS) is 13.8. The fourth-order valence-electron chi connectivity index (χ4n) is 2.15. The molecule has 114 valence electrons. The average Bonchev–Trinajstić information content (AvgIpc) is 2.54. The molecular formula is C16H15F2N2OS+. The Morgan fingerprint density at radius 2 is 1.73 bits per heavy atom. The zero-order chi connectivity index (χ0) is 16.2. The molecule has 0 fully saturated rings. The fraction of sp³-hybridized carbons (Fsp3) is 0.188. The lowest BCUT2D eigenvalue weighted by Crippen LogP contribution is -2.38. The van der Waals surface area contributed by atoms with Crippen LogP contribution in [0.1, 0.15) is 11.1 Å². The molecule has 2 rings (SSSR count). The molecule has 6 heteroatoms. The number of hydrogen-bond acceptors (Lipinski definition) is 2. The molecule has 2 aromatic carbocycles. The minimum atomic E-state index is -3.83. The molecule has 0 amide bonds. The highest BCUT2D eigenvalue weighted by molar-refractivity contribution is 8.01. The summed E-state index contributed by atoms with van der Waals surface area (Å²) in [6, 6.07) is 16.6. The fourth-order valence-corrected chi connectivity index (χ4v) is 3.99. The maximum Gasteiger partial charge on any atom is 0.425 e.